The van der Waals surface area contributed by atoms with E-state index in [0.717, 1.165) is 103 Å². The van der Waals surface area contributed by atoms with E-state index in [1.54, 1.807) is 11.3 Å². The maximum absolute atomic E-state index is 14.1. The Morgan fingerprint density at radius 1 is 0.887 bits per heavy atom. The fraction of sp³-hybridized carbons (Fsp3) is 0.435. The van der Waals surface area contributed by atoms with Gasteiger partial charge in [-0.3, -0.25) is 24.2 Å². The number of aromatic amines is 1. The third-order valence-corrected chi connectivity index (χ3v) is 14.7. The van der Waals surface area contributed by atoms with Crippen LogP contribution in [0.15, 0.2) is 59.6 Å². The standard InChI is InChI=1S/C46H50Cl2N10O3S/c1-27-28(2)62-45-40(27)42(31-7-11-32(47)12-8-31)49-38(44-54-53-29(3)58(44)45)26-39(59)57-21-19-56(20-22-57)33-15-17-55(18-16-33)23-24-60-34-13-9-30(10-14-34)41-36(48)25-37-43(51-41)52-46(50-37)61-35-5-4-6-35/h7-14,25,33,35,38H,4-6,15-24,26H2,1-3H3,(H,50,51,52)/t38-/m0/s1. The Morgan fingerprint density at radius 2 is 1.63 bits per heavy atom. The van der Waals surface area contributed by atoms with Crippen LogP contribution in [0.3, 0.4) is 0 Å². The number of hydrogen-bond acceptors (Lipinski definition) is 11. The van der Waals surface area contributed by atoms with Gasteiger partial charge in [0.25, 0.3) is 6.01 Å². The molecule has 0 bridgehead atoms. The Hall–Kier alpha value is -4.86. The van der Waals surface area contributed by atoms with Crippen LogP contribution in [0, 0.1) is 20.8 Å². The first-order valence-electron chi connectivity index (χ1n) is 21.7. The average molecular weight is 894 g/mol. The third-order valence-electron chi connectivity index (χ3n) is 13.0. The molecule has 2 aromatic carbocycles. The number of piperazine rings is 1. The number of piperidine rings is 1. The number of aryl methyl sites for hydroxylation is 2. The largest absolute Gasteiger partial charge is 0.492 e. The Bertz CT molecular complexity index is 2620. The molecule has 322 valence electrons. The van der Waals surface area contributed by atoms with E-state index in [-0.39, 0.29) is 18.4 Å². The monoisotopic (exact) mass is 892 g/mol. The number of thiophene rings is 1. The van der Waals surface area contributed by atoms with Crippen LogP contribution in [0.4, 0.5) is 0 Å². The number of benzene rings is 2. The predicted octanol–water partition coefficient (Wildman–Crippen LogP) is 8.40. The Kier molecular flexibility index (Phi) is 11.5. The zero-order valence-electron chi connectivity index (χ0n) is 35.2. The van der Waals surface area contributed by atoms with E-state index >= 15 is 0 Å². The number of carbonyl (C=O) groups excluding carboxylic acids is 1. The van der Waals surface area contributed by atoms with Gasteiger partial charge in [0.05, 0.1) is 28.4 Å². The van der Waals surface area contributed by atoms with E-state index in [1.807, 2.05) is 66.4 Å². The molecule has 4 aliphatic rings. The van der Waals surface area contributed by atoms with Crippen LogP contribution in [0.2, 0.25) is 10.0 Å². The Balaban J connectivity index is 0.704. The van der Waals surface area contributed by atoms with Crippen molar-refractivity contribution in [3.8, 4) is 28.0 Å². The number of nitrogens with one attached hydrogen (secondary N) is 1. The quantitative estimate of drug-likeness (QED) is 0.136. The minimum atomic E-state index is -0.468. The van der Waals surface area contributed by atoms with Crippen LogP contribution in [-0.4, -0.2) is 121 Å². The van der Waals surface area contributed by atoms with Gasteiger partial charge in [-0.15, -0.1) is 21.5 Å². The number of imidazole rings is 1. The van der Waals surface area contributed by atoms with Crippen LogP contribution in [-0.2, 0) is 4.79 Å². The summed E-state index contributed by atoms with van der Waals surface area (Å²) in [5.41, 5.74) is 7.02. The number of likely N-dealkylation sites (tertiary alicyclic amines) is 1. The second-order valence-electron chi connectivity index (χ2n) is 16.9. The summed E-state index contributed by atoms with van der Waals surface area (Å²) in [6.45, 7) is 12.9. The van der Waals surface area contributed by atoms with Crippen molar-refractivity contribution in [3.05, 3.63) is 97.9 Å². The number of amides is 1. The SMILES string of the molecule is Cc1sc2c(c1C)C(c1ccc(Cl)cc1)=N[C@@H](CC(=O)N1CCN(C3CCN(CCOc4ccc(-c5nc6nc(OC7CCC7)[nH]c6cc5Cl)cc4)CC3)CC1)c1nnc(C)n1-2. The Morgan fingerprint density at radius 3 is 2.35 bits per heavy atom. The summed E-state index contributed by atoms with van der Waals surface area (Å²) < 4.78 is 14.2. The van der Waals surface area contributed by atoms with Crippen molar-refractivity contribution in [2.45, 2.75) is 77.5 Å². The maximum atomic E-state index is 14.1. The summed E-state index contributed by atoms with van der Waals surface area (Å²) in [5.74, 6) is 2.42. The highest BCUT2D eigenvalue weighted by atomic mass is 35.5. The number of carbonyl (C=O) groups is 1. The lowest BCUT2D eigenvalue weighted by atomic mass is 9.96. The molecule has 62 heavy (non-hydrogen) atoms. The average Bonchev–Trinajstić information content (AvgIpc) is 3.91. The van der Waals surface area contributed by atoms with Gasteiger partial charge in [-0.05, 0) is 114 Å². The molecule has 10 rings (SSSR count). The summed E-state index contributed by atoms with van der Waals surface area (Å²) in [7, 11) is 0. The van der Waals surface area contributed by atoms with Crippen LogP contribution in [0.5, 0.6) is 11.8 Å². The summed E-state index contributed by atoms with van der Waals surface area (Å²) >= 11 is 14.7. The van der Waals surface area contributed by atoms with Gasteiger partial charge in [0, 0.05) is 65.4 Å². The molecule has 0 spiro atoms. The zero-order chi connectivity index (χ0) is 42.5. The van der Waals surface area contributed by atoms with Gasteiger partial charge in [-0.2, -0.15) is 4.98 Å². The molecular weight excluding hydrogens is 844 g/mol. The van der Waals surface area contributed by atoms with Gasteiger partial charge in [-0.1, -0.05) is 35.3 Å². The number of ether oxygens (including phenoxy) is 2. The first-order valence-corrected chi connectivity index (χ1v) is 23.3. The molecule has 7 heterocycles. The summed E-state index contributed by atoms with van der Waals surface area (Å²) in [4.78, 5) is 40.2. The van der Waals surface area contributed by atoms with E-state index in [1.165, 1.54) is 16.9 Å². The highest BCUT2D eigenvalue weighted by Gasteiger charge is 2.35. The summed E-state index contributed by atoms with van der Waals surface area (Å²) in [6.07, 6.45) is 5.99. The number of aromatic nitrogens is 6. The van der Waals surface area contributed by atoms with Crippen molar-refractivity contribution in [1.29, 1.82) is 0 Å². The Labute approximate surface area is 375 Å². The van der Waals surface area contributed by atoms with Crippen LogP contribution in [0.1, 0.15) is 77.8 Å². The van der Waals surface area contributed by atoms with Crippen molar-refractivity contribution in [3.63, 3.8) is 0 Å². The van der Waals surface area contributed by atoms with Crippen molar-refractivity contribution in [2.24, 2.45) is 4.99 Å². The highest BCUT2D eigenvalue weighted by molar-refractivity contribution is 7.15. The van der Waals surface area contributed by atoms with E-state index in [2.05, 4.69) is 48.4 Å². The number of hydrogen-bond donors (Lipinski definition) is 1. The molecule has 0 unspecified atom stereocenters. The molecule has 3 aliphatic heterocycles. The van der Waals surface area contributed by atoms with Crippen LogP contribution < -0.4 is 9.47 Å². The summed E-state index contributed by atoms with van der Waals surface area (Å²) in [6, 6.07) is 18.1. The topological polar surface area (TPSA) is 130 Å². The van der Waals surface area contributed by atoms with Crippen LogP contribution in [0.25, 0.3) is 27.4 Å². The minimum absolute atomic E-state index is 0.1000. The van der Waals surface area contributed by atoms with Gasteiger partial charge in [0.2, 0.25) is 5.91 Å². The molecule has 3 fully saturated rings. The normalized spacial score (nSPS) is 18.9. The van der Waals surface area contributed by atoms with Gasteiger partial charge in [0.15, 0.2) is 11.5 Å². The molecular formula is C46H50Cl2N10O3S. The van der Waals surface area contributed by atoms with E-state index in [0.29, 0.717) is 59.0 Å². The molecule has 1 aliphatic carbocycles. The van der Waals surface area contributed by atoms with E-state index < -0.39 is 6.04 Å². The molecule has 16 heteroatoms. The fourth-order valence-electron chi connectivity index (χ4n) is 9.07. The van der Waals surface area contributed by atoms with Crippen molar-refractivity contribution < 1.29 is 14.3 Å². The molecule has 6 aromatic rings. The number of pyridine rings is 1. The summed E-state index contributed by atoms with van der Waals surface area (Å²) in [5, 5.41) is 11.3. The molecule has 1 N–H and O–H groups in total. The molecule has 4 aromatic heterocycles. The second kappa shape index (κ2) is 17.4. The van der Waals surface area contributed by atoms with E-state index in [4.69, 9.17) is 42.7 Å². The lowest BCUT2D eigenvalue weighted by Gasteiger charge is -2.42. The third kappa shape index (κ3) is 8.23. The number of nitrogens with zero attached hydrogens (tertiary/aromatic N) is 9. The number of fused-ring (bicyclic) bond motifs is 4. The van der Waals surface area contributed by atoms with Gasteiger partial charge < -0.3 is 19.4 Å². The molecule has 13 nitrogen and oxygen atoms in total. The molecule has 1 saturated carbocycles. The fourth-order valence-corrected chi connectivity index (χ4v) is 10.7. The number of halogens is 2. The van der Waals surface area contributed by atoms with E-state index in [9.17, 15) is 4.79 Å². The number of rotatable bonds is 11. The lowest BCUT2D eigenvalue weighted by molar-refractivity contribution is -0.133. The molecule has 1 atom stereocenters. The van der Waals surface area contributed by atoms with Gasteiger partial charge in [0.1, 0.15) is 35.3 Å². The van der Waals surface area contributed by atoms with Crippen LogP contribution >= 0.6 is 34.5 Å². The minimum Gasteiger partial charge on any atom is -0.492 e. The van der Waals surface area contributed by atoms with Gasteiger partial charge in [-0.25, -0.2) is 4.98 Å². The van der Waals surface area contributed by atoms with Crippen molar-refractivity contribution in [2.75, 3.05) is 52.4 Å². The molecule has 1 amide bonds. The smallest absolute Gasteiger partial charge is 0.296 e. The maximum Gasteiger partial charge on any atom is 0.296 e. The molecule has 0 radical (unpaired) electrons. The van der Waals surface area contributed by atoms with Gasteiger partial charge >= 0.3 is 0 Å². The lowest BCUT2D eigenvalue weighted by Crippen LogP contribution is -2.54. The first-order chi connectivity index (χ1) is 30.1. The molecule has 2 saturated heterocycles. The number of aliphatic imine (C=N–C) groups is 1. The van der Waals surface area contributed by atoms with Crippen molar-refractivity contribution in [1.82, 2.24) is 44.4 Å². The van der Waals surface area contributed by atoms with Crippen molar-refractivity contribution >= 4 is 57.3 Å². The predicted molar refractivity (Wildman–Crippen MR) is 244 cm³/mol. The second-order valence-corrected chi connectivity index (χ2v) is 18.9. The number of H-pyrrole nitrogens is 1. The zero-order valence-corrected chi connectivity index (χ0v) is 37.6. The highest BCUT2D eigenvalue weighted by Crippen LogP contribution is 2.40. The first kappa shape index (κ1) is 41.2.